The van der Waals surface area contributed by atoms with Gasteiger partial charge in [-0.15, -0.1) is 11.3 Å². The minimum atomic E-state index is -0.150. The van der Waals surface area contributed by atoms with Crippen LogP contribution in [0, 0.1) is 0 Å². The van der Waals surface area contributed by atoms with Gasteiger partial charge in [-0.1, -0.05) is 0 Å². The number of aryl methyl sites for hydroxylation is 1. The molecular formula is C14H23N3O2S. The zero-order valence-corrected chi connectivity index (χ0v) is 13.0. The second kappa shape index (κ2) is 7.59. The fourth-order valence-corrected chi connectivity index (χ4v) is 3.16. The van der Waals surface area contributed by atoms with Crippen LogP contribution in [0.4, 0.5) is 5.13 Å². The lowest BCUT2D eigenvalue weighted by Gasteiger charge is -2.19. The number of likely N-dealkylation sites (N-methyl/N-ethyl adjacent to an activating group) is 1. The number of rotatable bonds is 7. The molecule has 1 aliphatic heterocycles. The molecule has 0 amide bonds. The Morgan fingerprint density at radius 3 is 3.20 bits per heavy atom. The molecule has 1 saturated heterocycles. The highest BCUT2D eigenvalue weighted by molar-refractivity contribution is 7.13. The van der Waals surface area contributed by atoms with Gasteiger partial charge in [-0.05, 0) is 33.4 Å². The predicted octanol–water partition coefficient (Wildman–Crippen LogP) is 2.14. The molecule has 5 nitrogen and oxygen atoms in total. The van der Waals surface area contributed by atoms with Crippen molar-refractivity contribution in [2.24, 2.45) is 0 Å². The highest BCUT2D eigenvalue weighted by Crippen LogP contribution is 2.19. The molecule has 1 unspecified atom stereocenters. The summed E-state index contributed by atoms with van der Waals surface area (Å²) in [7, 11) is 2.17. The highest BCUT2D eigenvalue weighted by atomic mass is 32.1. The predicted molar refractivity (Wildman–Crippen MR) is 81.2 cm³/mol. The van der Waals surface area contributed by atoms with E-state index in [0.717, 1.165) is 17.4 Å². The Labute approximate surface area is 124 Å². The first-order valence-corrected chi connectivity index (χ1v) is 8.11. The largest absolute Gasteiger partial charge is 0.466 e. The Morgan fingerprint density at radius 1 is 1.65 bits per heavy atom. The Bertz CT molecular complexity index is 436. The number of thiazole rings is 1. The van der Waals surface area contributed by atoms with Crippen LogP contribution in [-0.2, 0) is 16.0 Å². The lowest BCUT2D eigenvalue weighted by Crippen LogP contribution is -2.31. The molecule has 0 spiro atoms. The van der Waals surface area contributed by atoms with E-state index in [9.17, 15) is 4.79 Å². The topological polar surface area (TPSA) is 54.5 Å². The van der Waals surface area contributed by atoms with Gasteiger partial charge >= 0.3 is 5.97 Å². The van der Waals surface area contributed by atoms with Crippen molar-refractivity contribution in [3.05, 3.63) is 11.1 Å². The molecule has 20 heavy (non-hydrogen) atoms. The standard InChI is InChI=1S/C14H23N3O2S/c1-3-19-13(18)7-6-11-10-20-14(16-11)15-9-12-5-4-8-17(12)2/h10,12H,3-9H2,1-2H3,(H,15,16). The van der Waals surface area contributed by atoms with E-state index in [1.165, 1.54) is 19.4 Å². The fourth-order valence-electron chi connectivity index (χ4n) is 2.41. The van der Waals surface area contributed by atoms with Crippen molar-refractivity contribution in [2.75, 3.05) is 32.1 Å². The molecular weight excluding hydrogens is 274 g/mol. The van der Waals surface area contributed by atoms with Crippen LogP contribution in [0.25, 0.3) is 0 Å². The molecule has 0 radical (unpaired) electrons. The van der Waals surface area contributed by atoms with Crippen LogP contribution in [0.1, 0.15) is 31.9 Å². The van der Waals surface area contributed by atoms with Crippen molar-refractivity contribution >= 4 is 22.4 Å². The number of carbonyl (C=O) groups is 1. The lowest BCUT2D eigenvalue weighted by atomic mass is 10.2. The average Bonchev–Trinajstić information content (AvgIpc) is 3.03. The molecule has 6 heteroatoms. The number of nitrogens with zero attached hydrogens (tertiary/aromatic N) is 2. The van der Waals surface area contributed by atoms with Gasteiger partial charge in [-0.3, -0.25) is 4.79 Å². The van der Waals surface area contributed by atoms with Crippen LogP contribution in [0.15, 0.2) is 5.38 Å². The van der Waals surface area contributed by atoms with Gasteiger partial charge in [0.2, 0.25) is 0 Å². The van der Waals surface area contributed by atoms with E-state index < -0.39 is 0 Å². The first kappa shape index (κ1) is 15.3. The summed E-state index contributed by atoms with van der Waals surface area (Å²) in [5.74, 6) is -0.150. The summed E-state index contributed by atoms with van der Waals surface area (Å²) in [5.41, 5.74) is 0.963. The smallest absolute Gasteiger partial charge is 0.306 e. The molecule has 1 aromatic rings. The van der Waals surface area contributed by atoms with Crippen molar-refractivity contribution in [1.82, 2.24) is 9.88 Å². The third-order valence-electron chi connectivity index (χ3n) is 3.60. The van der Waals surface area contributed by atoms with E-state index in [1.54, 1.807) is 11.3 Å². The van der Waals surface area contributed by atoms with Crippen LogP contribution in [0.5, 0.6) is 0 Å². The first-order chi connectivity index (χ1) is 9.69. The number of nitrogens with one attached hydrogen (secondary N) is 1. The molecule has 1 aliphatic rings. The van der Waals surface area contributed by atoms with Gasteiger partial charge in [0, 0.05) is 24.4 Å². The SMILES string of the molecule is CCOC(=O)CCc1csc(NCC2CCCN2C)n1. The third kappa shape index (κ3) is 4.45. The molecule has 1 N–H and O–H groups in total. The number of likely N-dealkylation sites (tertiary alicyclic amines) is 1. The lowest BCUT2D eigenvalue weighted by molar-refractivity contribution is -0.143. The zero-order valence-electron chi connectivity index (χ0n) is 12.2. The number of ether oxygens (including phenoxy) is 1. The highest BCUT2D eigenvalue weighted by Gasteiger charge is 2.20. The molecule has 0 aliphatic carbocycles. The van der Waals surface area contributed by atoms with E-state index in [4.69, 9.17) is 4.74 Å². The summed E-state index contributed by atoms with van der Waals surface area (Å²) in [6, 6.07) is 0.613. The van der Waals surface area contributed by atoms with Crippen molar-refractivity contribution < 1.29 is 9.53 Å². The van der Waals surface area contributed by atoms with E-state index in [0.29, 0.717) is 25.5 Å². The molecule has 112 valence electrons. The Balaban J connectivity index is 1.73. The summed E-state index contributed by atoms with van der Waals surface area (Å²) in [4.78, 5) is 18.2. The number of anilines is 1. The van der Waals surface area contributed by atoms with Crippen LogP contribution in [0.3, 0.4) is 0 Å². The van der Waals surface area contributed by atoms with E-state index >= 15 is 0 Å². The summed E-state index contributed by atoms with van der Waals surface area (Å²) in [6.07, 6.45) is 3.60. The summed E-state index contributed by atoms with van der Waals surface area (Å²) < 4.78 is 4.91. The van der Waals surface area contributed by atoms with E-state index in [-0.39, 0.29) is 5.97 Å². The van der Waals surface area contributed by atoms with Gasteiger partial charge in [-0.2, -0.15) is 0 Å². The number of hydrogen-bond donors (Lipinski definition) is 1. The van der Waals surface area contributed by atoms with Gasteiger partial charge in [0.05, 0.1) is 18.7 Å². The molecule has 2 rings (SSSR count). The van der Waals surface area contributed by atoms with E-state index in [1.807, 2.05) is 12.3 Å². The Morgan fingerprint density at radius 2 is 2.50 bits per heavy atom. The quantitative estimate of drug-likeness (QED) is 0.782. The second-order valence-electron chi connectivity index (χ2n) is 5.11. The summed E-state index contributed by atoms with van der Waals surface area (Å²) >= 11 is 1.61. The minimum absolute atomic E-state index is 0.150. The van der Waals surface area contributed by atoms with Crippen LogP contribution < -0.4 is 5.32 Å². The molecule has 0 bridgehead atoms. The normalized spacial score (nSPS) is 19.2. The van der Waals surface area contributed by atoms with Gasteiger partial charge in [0.15, 0.2) is 5.13 Å². The van der Waals surface area contributed by atoms with Gasteiger partial charge in [0.1, 0.15) is 0 Å². The summed E-state index contributed by atoms with van der Waals surface area (Å²) in [6.45, 7) is 4.40. The van der Waals surface area contributed by atoms with Crippen molar-refractivity contribution in [2.45, 2.75) is 38.6 Å². The van der Waals surface area contributed by atoms with Crippen molar-refractivity contribution in [3.8, 4) is 0 Å². The monoisotopic (exact) mass is 297 g/mol. The van der Waals surface area contributed by atoms with Crippen molar-refractivity contribution in [1.29, 1.82) is 0 Å². The van der Waals surface area contributed by atoms with E-state index in [2.05, 4.69) is 22.2 Å². The third-order valence-corrected chi connectivity index (χ3v) is 4.45. The van der Waals surface area contributed by atoms with Crippen LogP contribution >= 0.6 is 11.3 Å². The Hall–Kier alpha value is -1.14. The maximum atomic E-state index is 11.3. The first-order valence-electron chi connectivity index (χ1n) is 7.23. The van der Waals surface area contributed by atoms with Crippen LogP contribution in [-0.4, -0.2) is 48.6 Å². The number of hydrogen-bond acceptors (Lipinski definition) is 6. The Kier molecular flexibility index (Phi) is 5.79. The number of esters is 1. The van der Waals surface area contributed by atoms with Crippen molar-refractivity contribution in [3.63, 3.8) is 0 Å². The van der Waals surface area contributed by atoms with Gasteiger partial charge in [0.25, 0.3) is 0 Å². The molecule has 1 atom stereocenters. The average molecular weight is 297 g/mol. The number of carbonyl (C=O) groups excluding carboxylic acids is 1. The maximum Gasteiger partial charge on any atom is 0.306 e. The second-order valence-corrected chi connectivity index (χ2v) is 5.96. The molecule has 1 fully saturated rings. The molecule has 1 aromatic heterocycles. The summed E-state index contributed by atoms with van der Waals surface area (Å²) in [5, 5.41) is 6.36. The number of aromatic nitrogens is 1. The molecule has 0 saturated carbocycles. The molecule has 0 aromatic carbocycles. The zero-order chi connectivity index (χ0) is 14.4. The molecule has 2 heterocycles. The van der Waals surface area contributed by atoms with Gasteiger partial charge < -0.3 is 15.0 Å². The fraction of sp³-hybridized carbons (Fsp3) is 0.714. The minimum Gasteiger partial charge on any atom is -0.466 e. The van der Waals surface area contributed by atoms with Gasteiger partial charge in [-0.25, -0.2) is 4.98 Å². The van der Waals surface area contributed by atoms with Crippen LogP contribution in [0.2, 0.25) is 0 Å². The maximum absolute atomic E-state index is 11.3.